The third-order valence-electron chi connectivity index (χ3n) is 7.94. The van der Waals surface area contributed by atoms with Gasteiger partial charge in [0.2, 0.25) is 0 Å². The number of unbranched alkanes of at least 4 members (excludes halogenated alkanes) is 1. The van der Waals surface area contributed by atoms with Crippen LogP contribution in [0.15, 0.2) is 66.7 Å². The number of methoxy groups -OCH3 is 1. The zero-order chi connectivity index (χ0) is 28.5. The van der Waals surface area contributed by atoms with Gasteiger partial charge in [0.15, 0.2) is 5.75 Å². The quantitative estimate of drug-likeness (QED) is 0.239. The van der Waals surface area contributed by atoms with Crippen molar-refractivity contribution in [1.82, 2.24) is 4.90 Å². The van der Waals surface area contributed by atoms with Crippen molar-refractivity contribution >= 4 is 17.5 Å². The van der Waals surface area contributed by atoms with Crippen LogP contribution in [0.5, 0.6) is 11.5 Å². The van der Waals surface area contributed by atoms with Crippen molar-refractivity contribution in [2.45, 2.75) is 57.6 Å². The van der Waals surface area contributed by atoms with Crippen LogP contribution < -0.4 is 10.5 Å². The normalized spacial score (nSPS) is 16.9. The molecule has 1 aliphatic heterocycles. The van der Waals surface area contributed by atoms with Crippen LogP contribution in [-0.2, 0) is 23.3 Å². The molecule has 0 radical (unpaired) electrons. The monoisotopic (exact) mass is 564 g/mol. The number of aryl methyl sites for hydroxylation is 1. The molecule has 1 aliphatic rings. The minimum atomic E-state index is -1.25. The number of aliphatic hydroxyl groups is 1. The fourth-order valence-electron chi connectivity index (χ4n) is 5.62. The van der Waals surface area contributed by atoms with Gasteiger partial charge in [-0.15, -0.1) is 0 Å². The SMILES string of the molecule is CCc1cccc(Oc2c(Cl)cccc2[C@](O)(CCCCOC)[C@@H]2CCCN(C(=O)c3ccc(CN)cc3)C2)c1. The Bertz CT molecular complexity index is 1270. The first-order valence-electron chi connectivity index (χ1n) is 14.2. The van der Waals surface area contributed by atoms with E-state index in [1.807, 2.05) is 59.5 Å². The number of carbonyl (C=O) groups excluding carboxylic acids is 1. The molecule has 7 heteroatoms. The summed E-state index contributed by atoms with van der Waals surface area (Å²) in [6.45, 7) is 4.24. The molecule has 1 saturated heterocycles. The van der Waals surface area contributed by atoms with Crippen LogP contribution in [0.3, 0.4) is 0 Å². The molecular formula is C33H41ClN2O4. The van der Waals surface area contributed by atoms with E-state index in [4.69, 9.17) is 26.8 Å². The lowest BCUT2D eigenvalue weighted by Gasteiger charge is -2.43. The molecule has 0 saturated carbocycles. The molecule has 3 N–H and O–H groups in total. The predicted octanol–water partition coefficient (Wildman–Crippen LogP) is 6.71. The minimum absolute atomic E-state index is 0.0334. The van der Waals surface area contributed by atoms with Crippen LogP contribution in [0, 0.1) is 5.92 Å². The second kappa shape index (κ2) is 14.1. The van der Waals surface area contributed by atoms with Crippen LogP contribution in [0.25, 0.3) is 0 Å². The van der Waals surface area contributed by atoms with Crippen molar-refractivity contribution in [2.75, 3.05) is 26.8 Å². The number of para-hydroxylation sites is 1. The van der Waals surface area contributed by atoms with Crippen LogP contribution in [-0.4, -0.2) is 42.7 Å². The summed E-state index contributed by atoms with van der Waals surface area (Å²) in [5, 5.41) is 13.0. The van der Waals surface area contributed by atoms with Gasteiger partial charge in [-0.25, -0.2) is 0 Å². The standard InChI is InChI=1S/C33H41ClN2O4/c1-3-24-9-6-11-28(21-24)40-31-29(12-7-13-30(31)34)33(38,18-4-5-20-39-2)27-10-8-19-36(23-27)32(37)26-16-14-25(22-35)15-17-26/h6-7,9,11-17,21,27,38H,3-5,8,10,18-20,22-23,35H2,1-2H3/t27-,33+/m1/s1. The van der Waals surface area contributed by atoms with Crippen LogP contribution >= 0.6 is 11.6 Å². The summed E-state index contributed by atoms with van der Waals surface area (Å²) in [6.07, 6.45) is 4.54. The maximum atomic E-state index is 13.5. The summed E-state index contributed by atoms with van der Waals surface area (Å²) in [5.74, 6) is 0.914. The van der Waals surface area contributed by atoms with Gasteiger partial charge in [0.1, 0.15) is 5.75 Å². The van der Waals surface area contributed by atoms with Gasteiger partial charge < -0.3 is 25.2 Å². The maximum absolute atomic E-state index is 13.5. The van der Waals surface area contributed by atoms with Crippen molar-refractivity contribution < 1.29 is 19.4 Å². The maximum Gasteiger partial charge on any atom is 0.253 e. The smallest absolute Gasteiger partial charge is 0.253 e. The number of hydrogen-bond donors (Lipinski definition) is 2. The number of ether oxygens (including phenoxy) is 2. The van der Waals surface area contributed by atoms with E-state index < -0.39 is 5.60 Å². The highest BCUT2D eigenvalue weighted by atomic mass is 35.5. The van der Waals surface area contributed by atoms with E-state index in [-0.39, 0.29) is 11.8 Å². The Morgan fingerprint density at radius 3 is 2.60 bits per heavy atom. The highest BCUT2D eigenvalue weighted by Gasteiger charge is 2.43. The third-order valence-corrected chi connectivity index (χ3v) is 8.23. The molecule has 4 rings (SSSR count). The van der Waals surface area contributed by atoms with Crippen LogP contribution in [0.1, 0.15) is 66.1 Å². The van der Waals surface area contributed by atoms with Crippen LogP contribution in [0.2, 0.25) is 5.02 Å². The zero-order valence-electron chi connectivity index (χ0n) is 23.6. The third kappa shape index (κ3) is 7.05. The number of likely N-dealkylation sites (tertiary alicyclic amines) is 1. The van der Waals surface area contributed by atoms with Gasteiger partial charge in [-0.05, 0) is 80.0 Å². The fraction of sp³-hybridized carbons (Fsp3) is 0.424. The first kappa shape index (κ1) is 30.1. The number of nitrogens with two attached hydrogens (primary N) is 1. The number of nitrogens with zero attached hydrogens (tertiary/aromatic N) is 1. The van der Waals surface area contributed by atoms with E-state index in [9.17, 15) is 9.90 Å². The average molecular weight is 565 g/mol. The molecule has 0 aromatic heterocycles. The van der Waals surface area contributed by atoms with Gasteiger partial charge >= 0.3 is 0 Å². The number of piperidine rings is 1. The summed E-state index contributed by atoms with van der Waals surface area (Å²) >= 11 is 6.74. The van der Waals surface area contributed by atoms with Crippen molar-refractivity contribution in [2.24, 2.45) is 11.7 Å². The topological polar surface area (TPSA) is 85.0 Å². The van der Waals surface area contributed by atoms with Crippen molar-refractivity contribution in [1.29, 1.82) is 0 Å². The van der Waals surface area contributed by atoms with Gasteiger partial charge in [0, 0.05) is 50.4 Å². The van der Waals surface area contributed by atoms with Gasteiger partial charge in [-0.2, -0.15) is 0 Å². The molecule has 0 spiro atoms. The lowest BCUT2D eigenvalue weighted by atomic mass is 9.73. The minimum Gasteiger partial charge on any atom is -0.455 e. The first-order valence-corrected chi connectivity index (χ1v) is 14.6. The Kier molecular flexibility index (Phi) is 10.6. The van der Waals surface area contributed by atoms with E-state index in [2.05, 4.69) is 13.0 Å². The van der Waals surface area contributed by atoms with E-state index in [0.717, 1.165) is 43.2 Å². The molecule has 3 aromatic rings. The largest absolute Gasteiger partial charge is 0.455 e. The summed E-state index contributed by atoms with van der Waals surface area (Å²) in [7, 11) is 1.68. The Morgan fingerprint density at radius 1 is 1.10 bits per heavy atom. The average Bonchev–Trinajstić information content (AvgIpc) is 3.00. The summed E-state index contributed by atoms with van der Waals surface area (Å²) in [5.41, 5.74) is 7.91. The number of rotatable bonds is 12. The molecule has 0 bridgehead atoms. The lowest BCUT2D eigenvalue weighted by molar-refractivity contribution is -0.0589. The van der Waals surface area contributed by atoms with Crippen LogP contribution in [0.4, 0.5) is 0 Å². The van der Waals surface area contributed by atoms with Crippen molar-refractivity contribution in [3.8, 4) is 11.5 Å². The molecule has 214 valence electrons. The lowest BCUT2D eigenvalue weighted by Crippen LogP contribution is -2.48. The Labute approximate surface area is 243 Å². The summed E-state index contributed by atoms with van der Waals surface area (Å²) in [6, 6.07) is 20.9. The molecule has 0 aliphatic carbocycles. The summed E-state index contributed by atoms with van der Waals surface area (Å²) in [4.78, 5) is 15.3. The summed E-state index contributed by atoms with van der Waals surface area (Å²) < 4.78 is 11.7. The highest BCUT2D eigenvalue weighted by Crippen LogP contribution is 2.47. The number of carbonyl (C=O) groups is 1. The number of amides is 1. The molecule has 0 unspecified atom stereocenters. The number of hydrogen-bond acceptors (Lipinski definition) is 5. The zero-order valence-corrected chi connectivity index (χ0v) is 24.3. The van der Waals surface area contributed by atoms with Gasteiger partial charge in [-0.1, -0.05) is 54.9 Å². The number of halogens is 1. The molecule has 40 heavy (non-hydrogen) atoms. The first-order chi connectivity index (χ1) is 19.4. The predicted molar refractivity (Wildman–Crippen MR) is 160 cm³/mol. The second-order valence-electron chi connectivity index (χ2n) is 10.6. The van der Waals surface area contributed by atoms with E-state index in [0.29, 0.717) is 60.3 Å². The molecule has 2 atom stereocenters. The molecule has 1 heterocycles. The molecule has 6 nitrogen and oxygen atoms in total. The van der Waals surface area contributed by atoms with Gasteiger partial charge in [-0.3, -0.25) is 4.79 Å². The Hall–Kier alpha value is -2.90. The molecule has 3 aromatic carbocycles. The van der Waals surface area contributed by atoms with E-state index >= 15 is 0 Å². The van der Waals surface area contributed by atoms with Gasteiger partial charge in [0.25, 0.3) is 5.91 Å². The Morgan fingerprint density at radius 2 is 1.88 bits per heavy atom. The Balaban J connectivity index is 1.67. The van der Waals surface area contributed by atoms with Gasteiger partial charge in [0.05, 0.1) is 10.6 Å². The fourth-order valence-corrected chi connectivity index (χ4v) is 5.83. The number of benzene rings is 3. The van der Waals surface area contributed by atoms with Crippen molar-refractivity contribution in [3.05, 3.63) is 94.0 Å². The molecule has 1 fully saturated rings. The molecule has 1 amide bonds. The molecular weight excluding hydrogens is 524 g/mol. The van der Waals surface area contributed by atoms with E-state index in [1.165, 1.54) is 0 Å². The highest BCUT2D eigenvalue weighted by molar-refractivity contribution is 6.32. The van der Waals surface area contributed by atoms with Crippen molar-refractivity contribution in [3.63, 3.8) is 0 Å². The van der Waals surface area contributed by atoms with E-state index in [1.54, 1.807) is 13.2 Å². The second-order valence-corrected chi connectivity index (χ2v) is 11.0.